The van der Waals surface area contributed by atoms with E-state index in [9.17, 15) is 10.2 Å². The van der Waals surface area contributed by atoms with Gasteiger partial charge in [-0.25, -0.2) is 0 Å². The second-order valence-corrected chi connectivity index (χ2v) is 13.5. The zero-order valence-corrected chi connectivity index (χ0v) is 28.0. The predicted octanol–water partition coefficient (Wildman–Crippen LogP) is 7.52. The quantitative estimate of drug-likeness (QED) is 0.256. The number of likely N-dealkylation sites (N-methyl/N-ethyl adjacent to an activating group) is 2. The summed E-state index contributed by atoms with van der Waals surface area (Å²) in [7, 11) is 4.38. The maximum absolute atomic E-state index is 11.3. The average Bonchev–Trinajstić information content (AvgIpc) is 2.93. The van der Waals surface area contributed by atoms with Gasteiger partial charge in [0.25, 0.3) is 0 Å². The minimum Gasteiger partial charge on any atom is -0.507 e. The van der Waals surface area contributed by atoms with Crippen LogP contribution < -0.4 is 0 Å². The molecule has 0 bridgehead atoms. The fourth-order valence-corrected chi connectivity index (χ4v) is 6.20. The molecule has 2 atom stereocenters. The molecule has 1 fully saturated rings. The van der Waals surface area contributed by atoms with Crippen LogP contribution in [-0.4, -0.2) is 70.7 Å². The van der Waals surface area contributed by atoms with Crippen LogP contribution in [-0.2, 0) is 13.1 Å². The maximum atomic E-state index is 11.3. The van der Waals surface area contributed by atoms with E-state index in [4.69, 9.17) is 9.98 Å². The van der Waals surface area contributed by atoms with Gasteiger partial charge in [-0.2, -0.15) is 0 Å². The fraction of sp³-hybridized carbons (Fsp3) is 0.611. The lowest BCUT2D eigenvalue weighted by Gasteiger charge is -2.43. The summed E-state index contributed by atoms with van der Waals surface area (Å²) in [5.41, 5.74) is 7.66. The van der Waals surface area contributed by atoms with E-state index in [-0.39, 0.29) is 0 Å². The second-order valence-electron chi connectivity index (χ2n) is 13.5. The number of hydrogen-bond donors (Lipinski definition) is 2. The van der Waals surface area contributed by atoms with Crippen molar-refractivity contribution < 1.29 is 10.2 Å². The SMILES string of the molecule is CC(=NCC(C)C)c1cc(C)cc(CN(C)C2CCCCC2N(C)Cc2cc(C)cc(C(C)=NCC(C)C)c2O)c1O. The third-order valence-electron chi connectivity index (χ3n) is 8.50. The minimum absolute atomic E-state index is 0.351. The predicted molar refractivity (Wildman–Crippen MR) is 178 cm³/mol. The van der Waals surface area contributed by atoms with E-state index in [0.29, 0.717) is 48.5 Å². The summed E-state index contributed by atoms with van der Waals surface area (Å²) in [6, 6.07) is 9.02. The molecule has 6 heteroatoms. The molecule has 1 saturated carbocycles. The topological polar surface area (TPSA) is 71.7 Å². The summed E-state index contributed by atoms with van der Waals surface area (Å²) in [5, 5.41) is 22.6. The van der Waals surface area contributed by atoms with Crippen molar-refractivity contribution in [2.45, 2.75) is 106 Å². The highest BCUT2D eigenvalue weighted by molar-refractivity contribution is 6.02. The van der Waals surface area contributed by atoms with Crippen molar-refractivity contribution in [1.82, 2.24) is 9.80 Å². The van der Waals surface area contributed by atoms with Gasteiger partial charge < -0.3 is 10.2 Å². The highest BCUT2D eigenvalue weighted by Gasteiger charge is 2.32. The van der Waals surface area contributed by atoms with Gasteiger partial charge in [-0.3, -0.25) is 19.8 Å². The van der Waals surface area contributed by atoms with Crippen LogP contribution in [0.25, 0.3) is 0 Å². The Morgan fingerprint density at radius 1 is 0.714 bits per heavy atom. The van der Waals surface area contributed by atoms with Crippen molar-refractivity contribution in [3.05, 3.63) is 57.6 Å². The number of phenols is 2. The molecule has 2 unspecified atom stereocenters. The molecule has 0 saturated heterocycles. The number of benzene rings is 2. The van der Waals surface area contributed by atoms with Gasteiger partial charge in [0.2, 0.25) is 0 Å². The number of rotatable bonds is 12. The Morgan fingerprint density at radius 3 is 1.40 bits per heavy atom. The molecule has 0 heterocycles. The van der Waals surface area contributed by atoms with Crippen LogP contribution in [0.2, 0.25) is 0 Å². The van der Waals surface area contributed by atoms with Gasteiger partial charge in [-0.05, 0) is 89.7 Å². The lowest BCUT2D eigenvalue weighted by atomic mass is 9.87. The number of phenolic OH excluding ortho intramolecular Hbond substituents is 2. The molecule has 2 aromatic rings. The molecule has 232 valence electrons. The van der Waals surface area contributed by atoms with Gasteiger partial charge >= 0.3 is 0 Å². The smallest absolute Gasteiger partial charge is 0.129 e. The van der Waals surface area contributed by atoms with Gasteiger partial charge in [0.05, 0.1) is 0 Å². The fourth-order valence-electron chi connectivity index (χ4n) is 6.20. The van der Waals surface area contributed by atoms with Crippen LogP contribution in [0.3, 0.4) is 0 Å². The Morgan fingerprint density at radius 2 is 1.07 bits per heavy atom. The summed E-state index contributed by atoms with van der Waals surface area (Å²) in [6.45, 7) is 19.7. The van der Waals surface area contributed by atoms with Crippen LogP contribution >= 0.6 is 0 Å². The molecular weight excluding hydrogens is 520 g/mol. The zero-order chi connectivity index (χ0) is 31.1. The van der Waals surface area contributed by atoms with E-state index in [2.05, 4.69) is 77.6 Å². The minimum atomic E-state index is 0.351. The number of hydrogen-bond acceptors (Lipinski definition) is 6. The Hall–Kier alpha value is -2.70. The standard InChI is InChI=1S/C36H56N4O2/c1-23(2)19-37-27(7)31-17-25(5)15-29(35(31)41)21-39(9)33-13-11-12-14-34(33)40(10)22-30-16-26(6)18-32(36(30)42)28(8)38-20-24(3)4/h15-18,23-24,33-34,41-42H,11-14,19-22H2,1-10H3. The van der Waals surface area contributed by atoms with Gasteiger partial charge in [0.15, 0.2) is 0 Å². The second kappa shape index (κ2) is 15.2. The summed E-state index contributed by atoms with van der Waals surface area (Å²) >= 11 is 0. The van der Waals surface area contributed by atoms with Gasteiger partial charge in [-0.15, -0.1) is 0 Å². The third kappa shape index (κ3) is 8.90. The van der Waals surface area contributed by atoms with Gasteiger partial charge in [-0.1, -0.05) is 52.7 Å². The molecule has 1 aliphatic carbocycles. The van der Waals surface area contributed by atoms with Gasteiger partial charge in [0, 0.05) is 71.9 Å². The number of aryl methyl sites for hydroxylation is 2. The first-order valence-corrected chi connectivity index (χ1v) is 15.9. The van der Waals surface area contributed by atoms with E-state index in [0.717, 1.165) is 70.7 Å². The summed E-state index contributed by atoms with van der Waals surface area (Å²) in [4.78, 5) is 14.3. The average molecular weight is 577 g/mol. The van der Waals surface area contributed by atoms with Crippen LogP contribution in [0.15, 0.2) is 34.3 Å². The largest absolute Gasteiger partial charge is 0.507 e. The Bertz CT molecular complexity index is 1170. The zero-order valence-electron chi connectivity index (χ0n) is 28.0. The summed E-state index contributed by atoms with van der Waals surface area (Å²) < 4.78 is 0. The van der Waals surface area contributed by atoms with E-state index in [1.54, 1.807) is 0 Å². The molecule has 0 aliphatic heterocycles. The first-order chi connectivity index (χ1) is 19.8. The number of aromatic hydroxyl groups is 2. The Labute approximate surface area is 255 Å². The molecule has 3 rings (SSSR count). The van der Waals surface area contributed by atoms with Crippen molar-refractivity contribution in [2.75, 3.05) is 27.2 Å². The lowest BCUT2D eigenvalue weighted by molar-refractivity contribution is 0.0685. The molecule has 2 aromatic carbocycles. The summed E-state index contributed by atoms with van der Waals surface area (Å²) in [5.74, 6) is 1.66. The van der Waals surface area contributed by atoms with Crippen LogP contribution in [0.5, 0.6) is 11.5 Å². The molecule has 0 amide bonds. The first kappa shape index (κ1) is 33.8. The van der Waals surface area contributed by atoms with E-state index < -0.39 is 0 Å². The first-order valence-electron chi connectivity index (χ1n) is 15.9. The molecule has 0 aromatic heterocycles. The molecular formula is C36H56N4O2. The normalized spacial score (nSPS) is 18.6. The lowest BCUT2D eigenvalue weighted by Crippen LogP contribution is -2.50. The third-order valence-corrected chi connectivity index (χ3v) is 8.50. The molecule has 1 aliphatic rings. The Kier molecular flexibility index (Phi) is 12.2. The molecule has 42 heavy (non-hydrogen) atoms. The number of nitrogens with zero attached hydrogens (tertiary/aromatic N) is 4. The highest BCUT2D eigenvalue weighted by Crippen LogP contribution is 2.33. The van der Waals surface area contributed by atoms with E-state index in [1.165, 1.54) is 12.8 Å². The van der Waals surface area contributed by atoms with Crippen molar-refractivity contribution in [2.24, 2.45) is 21.8 Å². The van der Waals surface area contributed by atoms with Crippen LogP contribution in [0, 0.1) is 25.7 Å². The maximum Gasteiger partial charge on any atom is 0.129 e. The summed E-state index contributed by atoms with van der Waals surface area (Å²) in [6.07, 6.45) is 4.64. The molecule has 0 spiro atoms. The number of aliphatic imine (C=N–C) groups is 2. The van der Waals surface area contributed by atoms with Crippen molar-refractivity contribution in [1.29, 1.82) is 0 Å². The highest BCUT2D eigenvalue weighted by atomic mass is 16.3. The molecule has 0 radical (unpaired) electrons. The van der Waals surface area contributed by atoms with Gasteiger partial charge in [0.1, 0.15) is 11.5 Å². The van der Waals surface area contributed by atoms with E-state index in [1.807, 2.05) is 26.0 Å². The molecule has 2 N–H and O–H groups in total. The Balaban J connectivity index is 1.82. The van der Waals surface area contributed by atoms with Crippen LogP contribution in [0.4, 0.5) is 0 Å². The van der Waals surface area contributed by atoms with Crippen molar-refractivity contribution >= 4 is 11.4 Å². The van der Waals surface area contributed by atoms with Crippen molar-refractivity contribution in [3.8, 4) is 11.5 Å². The molecule has 6 nitrogen and oxygen atoms in total. The van der Waals surface area contributed by atoms with E-state index >= 15 is 0 Å². The van der Waals surface area contributed by atoms with Crippen molar-refractivity contribution in [3.63, 3.8) is 0 Å². The van der Waals surface area contributed by atoms with Crippen LogP contribution in [0.1, 0.15) is 101 Å². The monoisotopic (exact) mass is 576 g/mol.